The fourth-order valence-electron chi connectivity index (χ4n) is 3.72. The van der Waals surface area contributed by atoms with Gasteiger partial charge in [0.15, 0.2) is 0 Å². The number of carbonyl (C=O) groups excluding carboxylic acids is 2. The molecule has 0 aliphatic carbocycles. The lowest BCUT2D eigenvalue weighted by molar-refractivity contribution is -0.130. The van der Waals surface area contributed by atoms with Crippen LogP contribution in [0.15, 0.2) is 0 Å². The van der Waals surface area contributed by atoms with Crippen molar-refractivity contribution in [3.63, 3.8) is 0 Å². The Morgan fingerprint density at radius 1 is 0.760 bits per heavy atom. The Labute approximate surface area is 154 Å². The summed E-state index contributed by atoms with van der Waals surface area (Å²) in [5, 5.41) is 18.0. The highest BCUT2D eigenvalue weighted by Gasteiger charge is 2.24. The summed E-state index contributed by atoms with van der Waals surface area (Å²) in [5.74, 6) is 2.08. The van der Waals surface area contributed by atoms with Gasteiger partial charge < -0.3 is 20.0 Å². The quantitative estimate of drug-likeness (QED) is 0.663. The molecule has 0 saturated carbocycles. The SMILES string of the molecule is O=C(CSCC(=O)N1CCC(CCO)CC1)N1CCC(CCO)CC1. The minimum Gasteiger partial charge on any atom is -0.396 e. The number of thioether (sulfide) groups is 1. The second-order valence-corrected chi connectivity index (χ2v) is 8.15. The number of aliphatic hydroxyl groups is 2. The maximum Gasteiger partial charge on any atom is 0.232 e. The van der Waals surface area contributed by atoms with Crippen LogP contribution in [0, 0.1) is 11.8 Å². The molecule has 0 aromatic carbocycles. The molecule has 2 rings (SSSR count). The molecule has 7 heteroatoms. The first-order valence-corrected chi connectivity index (χ1v) is 10.6. The van der Waals surface area contributed by atoms with Crippen molar-refractivity contribution in [1.82, 2.24) is 9.80 Å². The third-order valence-corrected chi connectivity index (χ3v) is 6.36. The van der Waals surface area contributed by atoms with Crippen molar-refractivity contribution in [1.29, 1.82) is 0 Å². The summed E-state index contributed by atoms with van der Waals surface area (Å²) in [7, 11) is 0. The van der Waals surface area contributed by atoms with Gasteiger partial charge in [-0.05, 0) is 50.4 Å². The molecule has 0 aromatic rings. The molecule has 144 valence electrons. The maximum atomic E-state index is 12.2. The monoisotopic (exact) mass is 372 g/mol. The molecular formula is C18H32N2O4S. The summed E-state index contributed by atoms with van der Waals surface area (Å²) in [5.41, 5.74) is 0. The van der Waals surface area contributed by atoms with Crippen molar-refractivity contribution >= 4 is 23.6 Å². The van der Waals surface area contributed by atoms with E-state index in [-0.39, 0.29) is 25.0 Å². The van der Waals surface area contributed by atoms with Crippen molar-refractivity contribution in [2.75, 3.05) is 50.9 Å². The average Bonchev–Trinajstić information content (AvgIpc) is 2.63. The highest BCUT2D eigenvalue weighted by atomic mass is 32.2. The number of carbonyl (C=O) groups is 2. The van der Waals surface area contributed by atoms with E-state index in [0.717, 1.165) is 64.7 Å². The van der Waals surface area contributed by atoms with E-state index in [2.05, 4.69) is 0 Å². The summed E-state index contributed by atoms with van der Waals surface area (Å²) in [6.07, 6.45) is 5.55. The zero-order chi connectivity index (χ0) is 18.1. The molecule has 2 aliphatic heterocycles. The van der Waals surface area contributed by atoms with Crippen LogP contribution < -0.4 is 0 Å². The number of amides is 2. The molecule has 0 atom stereocenters. The van der Waals surface area contributed by atoms with E-state index < -0.39 is 0 Å². The second kappa shape index (κ2) is 11.0. The number of nitrogens with zero attached hydrogens (tertiary/aromatic N) is 2. The van der Waals surface area contributed by atoms with E-state index in [1.807, 2.05) is 9.80 Å². The molecule has 0 spiro atoms. The molecule has 2 amide bonds. The minimum atomic E-state index is 0.127. The maximum absolute atomic E-state index is 12.2. The number of hydrogen-bond donors (Lipinski definition) is 2. The smallest absolute Gasteiger partial charge is 0.232 e. The first-order chi connectivity index (χ1) is 12.1. The molecule has 2 N–H and O–H groups in total. The van der Waals surface area contributed by atoms with Gasteiger partial charge in [0.05, 0.1) is 11.5 Å². The molecule has 0 aromatic heterocycles. The van der Waals surface area contributed by atoms with E-state index in [1.54, 1.807) is 0 Å². The Kier molecular flexibility index (Phi) is 9.06. The van der Waals surface area contributed by atoms with Gasteiger partial charge in [0, 0.05) is 39.4 Å². The fourth-order valence-corrected chi connectivity index (χ4v) is 4.53. The van der Waals surface area contributed by atoms with E-state index in [9.17, 15) is 9.59 Å². The molecule has 2 aliphatic rings. The van der Waals surface area contributed by atoms with Crippen molar-refractivity contribution in [2.45, 2.75) is 38.5 Å². The Morgan fingerprint density at radius 3 is 1.44 bits per heavy atom. The molecule has 6 nitrogen and oxygen atoms in total. The van der Waals surface area contributed by atoms with Crippen LogP contribution in [0.2, 0.25) is 0 Å². The van der Waals surface area contributed by atoms with Gasteiger partial charge in [0.1, 0.15) is 0 Å². The third kappa shape index (κ3) is 6.79. The summed E-state index contributed by atoms with van der Waals surface area (Å²) in [6.45, 7) is 3.56. The van der Waals surface area contributed by atoms with Crippen LogP contribution in [0.5, 0.6) is 0 Å². The molecule has 2 fully saturated rings. The van der Waals surface area contributed by atoms with Gasteiger partial charge >= 0.3 is 0 Å². The molecule has 25 heavy (non-hydrogen) atoms. The van der Waals surface area contributed by atoms with Gasteiger partial charge in [0.2, 0.25) is 11.8 Å². The van der Waals surface area contributed by atoms with Crippen LogP contribution in [0.3, 0.4) is 0 Å². The third-order valence-electron chi connectivity index (χ3n) is 5.46. The van der Waals surface area contributed by atoms with Crippen molar-refractivity contribution in [3.8, 4) is 0 Å². The highest BCUT2D eigenvalue weighted by molar-refractivity contribution is 8.00. The topological polar surface area (TPSA) is 81.1 Å². The fraction of sp³-hybridized carbons (Fsp3) is 0.889. The van der Waals surface area contributed by atoms with Crippen LogP contribution in [0.25, 0.3) is 0 Å². The second-order valence-electron chi connectivity index (χ2n) is 7.17. The standard InChI is InChI=1S/C18H32N2O4S/c21-11-5-15-1-7-19(8-2-15)17(23)13-25-14-18(24)20-9-3-16(4-10-20)6-12-22/h15-16,21-22H,1-14H2. The zero-order valence-electron chi connectivity index (χ0n) is 15.1. The van der Waals surface area contributed by atoms with Crippen LogP contribution in [-0.2, 0) is 9.59 Å². The van der Waals surface area contributed by atoms with E-state index in [1.165, 1.54) is 11.8 Å². The molecule has 2 heterocycles. The zero-order valence-corrected chi connectivity index (χ0v) is 15.9. The van der Waals surface area contributed by atoms with Crippen molar-refractivity contribution in [3.05, 3.63) is 0 Å². The Bertz CT molecular complexity index is 381. The number of piperidine rings is 2. The van der Waals surface area contributed by atoms with Gasteiger partial charge in [-0.3, -0.25) is 9.59 Å². The van der Waals surface area contributed by atoms with Gasteiger partial charge in [-0.2, -0.15) is 0 Å². The van der Waals surface area contributed by atoms with Crippen LogP contribution in [0.4, 0.5) is 0 Å². The average molecular weight is 373 g/mol. The molecule has 0 bridgehead atoms. The lowest BCUT2D eigenvalue weighted by Crippen LogP contribution is -2.41. The van der Waals surface area contributed by atoms with Crippen LogP contribution >= 0.6 is 11.8 Å². The minimum absolute atomic E-state index is 0.127. The predicted molar refractivity (Wildman–Crippen MR) is 99.3 cm³/mol. The predicted octanol–water partition coefficient (Wildman–Crippen LogP) is 0.962. The summed E-state index contributed by atoms with van der Waals surface area (Å²) in [6, 6.07) is 0. The first kappa shape index (κ1) is 20.5. The highest BCUT2D eigenvalue weighted by Crippen LogP contribution is 2.22. The van der Waals surface area contributed by atoms with Crippen LogP contribution in [0.1, 0.15) is 38.5 Å². The number of rotatable bonds is 8. The van der Waals surface area contributed by atoms with Gasteiger partial charge in [-0.15, -0.1) is 11.8 Å². The Morgan fingerprint density at radius 2 is 1.12 bits per heavy atom. The number of aliphatic hydroxyl groups excluding tert-OH is 2. The lowest BCUT2D eigenvalue weighted by Gasteiger charge is -2.32. The van der Waals surface area contributed by atoms with E-state index >= 15 is 0 Å². The van der Waals surface area contributed by atoms with Gasteiger partial charge in [0.25, 0.3) is 0 Å². The van der Waals surface area contributed by atoms with E-state index in [0.29, 0.717) is 23.3 Å². The molecule has 2 saturated heterocycles. The molecular weight excluding hydrogens is 340 g/mol. The normalized spacial score (nSPS) is 20.1. The van der Waals surface area contributed by atoms with Gasteiger partial charge in [-0.25, -0.2) is 0 Å². The molecule has 0 unspecified atom stereocenters. The molecule has 0 radical (unpaired) electrons. The lowest BCUT2D eigenvalue weighted by atomic mass is 9.94. The summed E-state index contributed by atoms with van der Waals surface area (Å²) >= 11 is 1.42. The summed E-state index contributed by atoms with van der Waals surface area (Å²) < 4.78 is 0. The first-order valence-electron chi connectivity index (χ1n) is 9.49. The van der Waals surface area contributed by atoms with E-state index in [4.69, 9.17) is 10.2 Å². The summed E-state index contributed by atoms with van der Waals surface area (Å²) in [4.78, 5) is 28.3. The van der Waals surface area contributed by atoms with Crippen molar-refractivity contribution in [2.24, 2.45) is 11.8 Å². The Balaban J connectivity index is 1.59. The number of hydrogen-bond acceptors (Lipinski definition) is 5. The van der Waals surface area contributed by atoms with Crippen molar-refractivity contribution < 1.29 is 19.8 Å². The number of likely N-dealkylation sites (tertiary alicyclic amines) is 2. The Hall–Kier alpha value is -0.790. The van der Waals surface area contributed by atoms with Crippen LogP contribution in [-0.4, -0.2) is 82.7 Å². The largest absolute Gasteiger partial charge is 0.396 e. The van der Waals surface area contributed by atoms with Gasteiger partial charge in [-0.1, -0.05) is 0 Å².